The molecule has 0 bridgehead atoms. The van der Waals surface area contributed by atoms with Gasteiger partial charge < -0.3 is 10.2 Å². The second-order valence-electron chi connectivity index (χ2n) is 6.07. The summed E-state index contributed by atoms with van der Waals surface area (Å²) in [7, 11) is 0. The van der Waals surface area contributed by atoms with Gasteiger partial charge in [0, 0.05) is 35.3 Å². The molecule has 0 amide bonds. The fraction of sp³-hybridized carbons (Fsp3) is 0.600. The SMILES string of the molecule is CC(C)(C)NCc1ccc(N2CCCC2)cc1Br. The Kier molecular flexibility index (Phi) is 4.33. The standard InChI is InChI=1S/C15H23BrN2/c1-15(2,3)17-11-12-6-7-13(10-14(12)16)18-8-4-5-9-18/h6-7,10,17H,4-5,8-9,11H2,1-3H3. The van der Waals surface area contributed by atoms with Gasteiger partial charge in [0.2, 0.25) is 0 Å². The van der Waals surface area contributed by atoms with Gasteiger partial charge in [0.15, 0.2) is 0 Å². The van der Waals surface area contributed by atoms with E-state index in [1.165, 1.54) is 41.7 Å². The van der Waals surface area contributed by atoms with Crippen LogP contribution in [0.2, 0.25) is 0 Å². The summed E-state index contributed by atoms with van der Waals surface area (Å²) in [4.78, 5) is 2.46. The van der Waals surface area contributed by atoms with Crippen LogP contribution in [0, 0.1) is 0 Å². The molecule has 3 heteroatoms. The van der Waals surface area contributed by atoms with Crippen LogP contribution in [0.1, 0.15) is 39.2 Å². The molecule has 2 nitrogen and oxygen atoms in total. The summed E-state index contributed by atoms with van der Waals surface area (Å²) >= 11 is 3.70. The zero-order valence-corrected chi connectivity index (χ0v) is 13.2. The van der Waals surface area contributed by atoms with Crippen LogP contribution in [0.15, 0.2) is 22.7 Å². The van der Waals surface area contributed by atoms with Gasteiger partial charge in [0.25, 0.3) is 0 Å². The molecular formula is C15H23BrN2. The molecule has 0 spiro atoms. The molecule has 1 saturated heterocycles. The van der Waals surface area contributed by atoms with Crippen LogP contribution < -0.4 is 10.2 Å². The average molecular weight is 311 g/mol. The fourth-order valence-electron chi connectivity index (χ4n) is 2.21. The molecule has 1 aromatic carbocycles. The van der Waals surface area contributed by atoms with Crippen LogP contribution in [-0.4, -0.2) is 18.6 Å². The zero-order valence-electron chi connectivity index (χ0n) is 11.6. The molecule has 1 aromatic rings. The van der Waals surface area contributed by atoms with Crippen molar-refractivity contribution in [2.45, 2.75) is 45.7 Å². The molecule has 1 heterocycles. The topological polar surface area (TPSA) is 15.3 Å². The van der Waals surface area contributed by atoms with Gasteiger partial charge >= 0.3 is 0 Å². The number of nitrogens with zero attached hydrogens (tertiary/aromatic N) is 1. The number of benzene rings is 1. The molecular weight excluding hydrogens is 288 g/mol. The number of anilines is 1. The van der Waals surface area contributed by atoms with E-state index >= 15 is 0 Å². The molecule has 1 aliphatic rings. The third-order valence-electron chi connectivity index (χ3n) is 3.32. The lowest BCUT2D eigenvalue weighted by Crippen LogP contribution is -2.35. The molecule has 0 saturated carbocycles. The van der Waals surface area contributed by atoms with E-state index in [2.05, 4.69) is 65.1 Å². The van der Waals surface area contributed by atoms with E-state index in [1.54, 1.807) is 0 Å². The highest BCUT2D eigenvalue weighted by molar-refractivity contribution is 9.10. The lowest BCUT2D eigenvalue weighted by Gasteiger charge is -2.22. The minimum absolute atomic E-state index is 0.160. The van der Waals surface area contributed by atoms with Crippen molar-refractivity contribution in [3.8, 4) is 0 Å². The van der Waals surface area contributed by atoms with Gasteiger partial charge in [-0.1, -0.05) is 22.0 Å². The van der Waals surface area contributed by atoms with E-state index in [9.17, 15) is 0 Å². The Hall–Kier alpha value is -0.540. The molecule has 18 heavy (non-hydrogen) atoms. The van der Waals surface area contributed by atoms with Crippen molar-refractivity contribution in [3.05, 3.63) is 28.2 Å². The maximum Gasteiger partial charge on any atom is 0.0377 e. The molecule has 0 radical (unpaired) electrons. The summed E-state index contributed by atoms with van der Waals surface area (Å²) in [5.41, 5.74) is 2.83. The van der Waals surface area contributed by atoms with Gasteiger partial charge in [0.05, 0.1) is 0 Å². The first-order valence-corrected chi connectivity index (χ1v) is 7.53. The molecule has 1 aliphatic heterocycles. The Bertz CT molecular complexity index is 403. The number of hydrogen-bond acceptors (Lipinski definition) is 2. The highest BCUT2D eigenvalue weighted by Gasteiger charge is 2.14. The minimum atomic E-state index is 0.160. The molecule has 2 rings (SSSR count). The van der Waals surface area contributed by atoms with Crippen molar-refractivity contribution in [1.82, 2.24) is 5.32 Å². The van der Waals surface area contributed by atoms with Crippen LogP contribution in [0.4, 0.5) is 5.69 Å². The maximum atomic E-state index is 3.70. The monoisotopic (exact) mass is 310 g/mol. The quantitative estimate of drug-likeness (QED) is 0.909. The van der Waals surface area contributed by atoms with Gasteiger partial charge in [-0.2, -0.15) is 0 Å². The lowest BCUT2D eigenvalue weighted by atomic mass is 10.1. The highest BCUT2D eigenvalue weighted by atomic mass is 79.9. The van der Waals surface area contributed by atoms with Gasteiger partial charge in [-0.3, -0.25) is 0 Å². The van der Waals surface area contributed by atoms with Gasteiger partial charge in [0.1, 0.15) is 0 Å². The normalized spacial score (nSPS) is 16.3. The summed E-state index contributed by atoms with van der Waals surface area (Å²) < 4.78 is 1.21. The van der Waals surface area contributed by atoms with Crippen molar-refractivity contribution >= 4 is 21.6 Å². The molecule has 0 aliphatic carbocycles. The summed E-state index contributed by atoms with van der Waals surface area (Å²) in [6.07, 6.45) is 2.65. The van der Waals surface area contributed by atoms with Gasteiger partial charge in [-0.15, -0.1) is 0 Å². The predicted octanol–water partition coefficient (Wildman–Crippen LogP) is 3.94. The fourth-order valence-corrected chi connectivity index (χ4v) is 2.72. The van der Waals surface area contributed by atoms with Crippen molar-refractivity contribution in [3.63, 3.8) is 0 Å². The first kappa shape index (κ1) is 13.9. The largest absolute Gasteiger partial charge is 0.372 e. The van der Waals surface area contributed by atoms with Crippen LogP contribution in [0.5, 0.6) is 0 Å². The first-order valence-electron chi connectivity index (χ1n) is 6.74. The molecule has 1 fully saturated rings. The Labute approximate surface area is 119 Å². The van der Waals surface area contributed by atoms with E-state index in [0.29, 0.717) is 0 Å². The van der Waals surface area contributed by atoms with Gasteiger partial charge in [-0.05, 0) is 51.3 Å². The Morgan fingerprint density at radius 2 is 1.89 bits per heavy atom. The van der Waals surface area contributed by atoms with Crippen molar-refractivity contribution in [2.24, 2.45) is 0 Å². The van der Waals surface area contributed by atoms with Crippen LogP contribution in [-0.2, 0) is 6.54 Å². The van der Waals surface area contributed by atoms with Gasteiger partial charge in [-0.25, -0.2) is 0 Å². The Morgan fingerprint density at radius 3 is 2.44 bits per heavy atom. The van der Waals surface area contributed by atoms with Crippen LogP contribution in [0.3, 0.4) is 0 Å². The Balaban J connectivity index is 2.05. The second-order valence-corrected chi connectivity index (χ2v) is 6.93. The number of nitrogens with one attached hydrogen (secondary N) is 1. The third kappa shape index (κ3) is 3.72. The van der Waals surface area contributed by atoms with E-state index in [-0.39, 0.29) is 5.54 Å². The van der Waals surface area contributed by atoms with Crippen molar-refractivity contribution < 1.29 is 0 Å². The number of rotatable bonds is 3. The molecule has 0 unspecified atom stereocenters. The van der Waals surface area contributed by atoms with Crippen LogP contribution in [0.25, 0.3) is 0 Å². The molecule has 100 valence electrons. The molecule has 0 aromatic heterocycles. The van der Waals surface area contributed by atoms with E-state index in [1.807, 2.05) is 0 Å². The minimum Gasteiger partial charge on any atom is -0.372 e. The second kappa shape index (κ2) is 5.62. The lowest BCUT2D eigenvalue weighted by molar-refractivity contribution is 0.424. The average Bonchev–Trinajstić information content (AvgIpc) is 2.79. The first-order chi connectivity index (χ1) is 8.46. The number of hydrogen-bond donors (Lipinski definition) is 1. The maximum absolute atomic E-state index is 3.70. The molecule has 0 atom stereocenters. The summed E-state index contributed by atoms with van der Waals surface area (Å²) in [6, 6.07) is 6.73. The highest BCUT2D eigenvalue weighted by Crippen LogP contribution is 2.26. The van der Waals surface area contributed by atoms with Crippen LogP contribution >= 0.6 is 15.9 Å². The summed E-state index contributed by atoms with van der Waals surface area (Å²) in [5.74, 6) is 0. The predicted molar refractivity (Wildman–Crippen MR) is 82.2 cm³/mol. The Morgan fingerprint density at radius 1 is 1.22 bits per heavy atom. The smallest absolute Gasteiger partial charge is 0.0377 e. The number of halogens is 1. The summed E-state index contributed by atoms with van der Waals surface area (Å²) in [6.45, 7) is 9.89. The summed E-state index contributed by atoms with van der Waals surface area (Å²) in [5, 5.41) is 3.52. The zero-order chi connectivity index (χ0) is 13.2. The van der Waals surface area contributed by atoms with E-state index in [4.69, 9.17) is 0 Å². The van der Waals surface area contributed by atoms with E-state index < -0.39 is 0 Å². The third-order valence-corrected chi connectivity index (χ3v) is 4.06. The van der Waals surface area contributed by atoms with Crippen molar-refractivity contribution in [1.29, 1.82) is 0 Å². The van der Waals surface area contributed by atoms with Crippen molar-refractivity contribution in [2.75, 3.05) is 18.0 Å². The molecule has 1 N–H and O–H groups in total. The van der Waals surface area contributed by atoms with E-state index in [0.717, 1.165) is 6.54 Å².